The summed E-state index contributed by atoms with van der Waals surface area (Å²) < 4.78 is 11.5. The summed E-state index contributed by atoms with van der Waals surface area (Å²) in [6.07, 6.45) is 0.786. The molecule has 2 heterocycles. The first-order valence-electron chi connectivity index (χ1n) is 12.3. The Hall–Kier alpha value is -3.03. The molecule has 2 amide bonds. The summed E-state index contributed by atoms with van der Waals surface area (Å²) in [5.41, 5.74) is 1.96. The summed E-state index contributed by atoms with van der Waals surface area (Å²) in [5.74, 6) is 0.990. The van der Waals surface area contributed by atoms with Gasteiger partial charge in [0.05, 0.1) is 13.2 Å². The maximum Gasteiger partial charge on any atom is 0.254 e. The first-order chi connectivity index (χ1) is 17.6. The van der Waals surface area contributed by atoms with Gasteiger partial charge in [0, 0.05) is 27.5 Å². The molecule has 37 heavy (non-hydrogen) atoms. The number of amides is 2. The molecule has 0 saturated heterocycles. The zero-order valence-electron chi connectivity index (χ0n) is 21.9. The highest BCUT2D eigenvalue weighted by atomic mass is 35.5. The van der Waals surface area contributed by atoms with E-state index in [-0.39, 0.29) is 24.4 Å². The molecule has 1 aliphatic heterocycles. The molecular weight excluding hydrogens is 508 g/mol. The fourth-order valence-corrected chi connectivity index (χ4v) is 5.55. The zero-order chi connectivity index (χ0) is 26.7. The second-order valence-electron chi connectivity index (χ2n) is 10.2. The lowest BCUT2D eigenvalue weighted by Crippen LogP contribution is -2.53. The van der Waals surface area contributed by atoms with Gasteiger partial charge in [-0.15, -0.1) is 11.3 Å². The number of rotatable bonds is 7. The quantitative estimate of drug-likeness (QED) is 0.360. The minimum Gasteiger partial charge on any atom is -0.497 e. The molecule has 0 N–H and O–H groups in total. The summed E-state index contributed by atoms with van der Waals surface area (Å²) in [7, 11) is 1.57. The number of hydrogen-bond donors (Lipinski definition) is 0. The Kier molecular flexibility index (Phi) is 8.14. The fourth-order valence-electron chi connectivity index (χ4n) is 4.51. The van der Waals surface area contributed by atoms with Gasteiger partial charge in [0.15, 0.2) is 0 Å². The third-order valence-corrected chi connectivity index (χ3v) is 8.04. The molecule has 0 fully saturated rings. The predicted octanol–water partition coefficient (Wildman–Crippen LogP) is 6.16. The summed E-state index contributed by atoms with van der Waals surface area (Å²) in [6, 6.07) is 14.4. The van der Waals surface area contributed by atoms with Crippen LogP contribution in [0.2, 0.25) is 5.02 Å². The molecule has 6 nitrogen and oxygen atoms in total. The molecule has 0 bridgehead atoms. The SMILES string of the molecule is COc1cccc(C(=O)N(CC(=O)N2CCc3sccc3[C@@H]2COc2ccc(Cl)c(C)c2)C(C)(C)C)c1. The van der Waals surface area contributed by atoms with Crippen molar-refractivity contribution in [1.82, 2.24) is 9.80 Å². The molecule has 2 aromatic carbocycles. The van der Waals surface area contributed by atoms with Crippen LogP contribution >= 0.6 is 22.9 Å². The number of carbonyl (C=O) groups excluding carboxylic acids is 2. The number of ether oxygens (including phenoxy) is 2. The maximum absolute atomic E-state index is 13.8. The molecular formula is C29H33ClN2O4S. The number of carbonyl (C=O) groups is 2. The topological polar surface area (TPSA) is 59.1 Å². The molecule has 4 rings (SSSR count). The van der Waals surface area contributed by atoms with Crippen molar-refractivity contribution in [2.24, 2.45) is 0 Å². The molecule has 1 aliphatic rings. The van der Waals surface area contributed by atoms with Gasteiger partial charge in [-0.3, -0.25) is 9.59 Å². The highest BCUT2D eigenvalue weighted by Gasteiger charge is 2.36. The van der Waals surface area contributed by atoms with Gasteiger partial charge >= 0.3 is 0 Å². The Labute approximate surface area is 227 Å². The van der Waals surface area contributed by atoms with E-state index in [1.54, 1.807) is 47.6 Å². The highest BCUT2D eigenvalue weighted by Crippen LogP contribution is 2.35. The maximum atomic E-state index is 13.8. The molecule has 1 aromatic heterocycles. The van der Waals surface area contributed by atoms with E-state index in [0.29, 0.717) is 35.2 Å². The molecule has 8 heteroatoms. The number of thiophene rings is 1. The molecule has 0 radical (unpaired) electrons. The van der Waals surface area contributed by atoms with Gasteiger partial charge in [-0.05, 0) is 93.1 Å². The Bertz CT molecular complexity index is 1280. The van der Waals surface area contributed by atoms with Crippen molar-refractivity contribution in [3.05, 3.63) is 80.5 Å². The van der Waals surface area contributed by atoms with Gasteiger partial charge in [0.2, 0.25) is 5.91 Å². The fraction of sp³-hybridized carbons (Fsp3) is 0.379. The van der Waals surface area contributed by atoms with E-state index in [2.05, 4.69) is 11.4 Å². The van der Waals surface area contributed by atoms with Gasteiger partial charge in [-0.1, -0.05) is 17.7 Å². The van der Waals surface area contributed by atoms with Crippen molar-refractivity contribution in [2.75, 3.05) is 26.8 Å². The van der Waals surface area contributed by atoms with Crippen molar-refractivity contribution >= 4 is 34.8 Å². The average molecular weight is 541 g/mol. The van der Waals surface area contributed by atoms with Crippen LogP contribution in [-0.2, 0) is 11.2 Å². The average Bonchev–Trinajstić information content (AvgIpc) is 3.36. The van der Waals surface area contributed by atoms with Gasteiger partial charge in [-0.2, -0.15) is 0 Å². The summed E-state index contributed by atoms with van der Waals surface area (Å²) in [6.45, 7) is 8.61. The zero-order valence-corrected chi connectivity index (χ0v) is 23.5. The Balaban J connectivity index is 1.57. The van der Waals surface area contributed by atoms with E-state index in [1.807, 2.05) is 50.8 Å². The smallest absolute Gasteiger partial charge is 0.254 e. The van der Waals surface area contributed by atoms with E-state index in [4.69, 9.17) is 21.1 Å². The lowest BCUT2D eigenvalue weighted by molar-refractivity contribution is -0.136. The van der Waals surface area contributed by atoms with E-state index >= 15 is 0 Å². The largest absolute Gasteiger partial charge is 0.497 e. The number of aryl methyl sites for hydroxylation is 1. The number of hydrogen-bond acceptors (Lipinski definition) is 5. The second-order valence-corrected chi connectivity index (χ2v) is 11.6. The third kappa shape index (κ3) is 6.11. The van der Waals surface area contributed by atoms with Crippen molar-refractivity contribution in [3.8, 4) is 11.5 Å². The van der Waals surface area contributed by atoms with E-state index in [0.717, 1.165) is 17.5 Å². The Morgan fingerprint density at radius 3 is 2.62 bits per heavy atom. The summed E-state index contributed by atoms with van der Waals surface area (Å²) in [5, 5.41) is 2.75. The monoisotopic (exact) mass is 540 g/mol. The second kappa shape index (κ2) is 11.2. The van der Waals surface area contributed by atoms with Crippen LogP contribution in [0, 0.1) is 6.92 Å². The lowest BCUT2D eigenvalue weighted by Gasteiger charge is -2.40. The van der Waals surface area contributed by atoms with Crippen LogP contribution in [0.5, 0.6) is 11.5 Å². The molecule has 1 atom stereocenters. The van der Waals surface area contributed by atoms with E-state index < -0.39 is 5.54 Å². The lowest BCUT2D eigenvalue weighted by atomic mass is 9.99. The van der Waals surface area contributed by atoms with Gasteiger partial charge in [0.1, 0.15) is 24.7 Å². The van der Waals surface area contributed by atoms with Crippen LogP contribution in [0.15, 0.2) is 53.9 Å². The molecule has 0 saturated carbocycles. The van der Waals surface area contributed by atoms with E-state index in [9.17, 15) is 9.59 Å². The molecule has 0 aliphatic carbocycles. The van der Waals surface area contributed by atoms with Crippen LogP contribution < -0.4 is 9.47 Å². The minimum atomic E-state index is -0.564. The van der Waals surface area contributed by atoms with Crippen molar-refractivity contribution in [3.63, 3.8) is 0 Å². The summed E-state index contributed by atoms with van der Waals surface area (Å²) in [4.78, 5) is 32.1. The third-order valence-electron chi connectivity index (χ3n) is 6.62. The Morgan fingerprint density at radius 1 is 1.14 bits per heavy atom. The molecule has 3 aromatic rings. The molecule has 0 spiro atoms. The number of halogens is 1. The number of nitrogens with zero attached hydrogens (tertiary/aromatic N) is 2. The molecule has 196 valence electrons. The minimum absolute atomic E-state index is 0.0322. The number of benzene rings is 2. The Morgan fingerprint density at radius 2 is 1.92 bits per heavy atom. The van der Waals surface area contributed by atoms with Crippen molar-refractivity contribution in [2.45, 2.75) is 45.7 Å². The van der Waals surface area contributed by atoms with Gasteiger partial charge in [-0.25, -0.2) is 0 Å². The van der Waals surface area contributed by atoms with Crippen LogP contribution in [0.25, 0.3) is 0 Å². The first kappa shape index (κ1) is 27.0. The van der Waals surface area contributed by atoms with Crippen molar-refractivity contribution in [1.29, 1.82) is 0 Å². The van der Waals surface area contributed by atoms with Crippen LogP contribution in [0.4, 0.5) is 0 Å². The highest BCUT2D eigenvalue weighted by molar-refractivity contribution is 7.10. The number of fused-ring (bicyclic) bond motifs is 1. The van der Waals surface area contributed by atoms with Crippen LogP contribution in [-0.4, -0.2) is 54.0 Å². The predicted molar refractivity (Wildman–Crippen MR) is 148 cm³/mol. The molecule has 0 unspecified atom stereocenters. The van der Waals surface area contributed by atoms with Gasteiger partial charge in [0.25, 0.3) is 5.91 Å². The van der Waals surface area contributed by atoms with Crippen LogP contribution in [0.3, 0.4) is 0 Å². The summed E-state index contributed by atoms with van der Waals surface area (Å²) >= 11 is 7.88. The van der Waals surface area contributed by atoms with Crippen molar-refractivity contribution < 1.29 is 19.1 Å². The number of methoxy groups -OCH3 is 1. The standard InChI is InChI=1S/C29H33ClN2O4S/c1-19-15-22(9-10-24(19)30)36-18-25-23-12-14-37-26(23)11-13-31(25)27(33)17-32(29(2,3)4)28(34)20-7-6-8-21(16-20)35-5/h6-10,12,14-16,25H,11,13,17-18H2,1-5H3/t25-/m0/s1. The normalized spacial score (nSPS) is 15.2. The van der Waals surface area contributed by atoms with Gasteiger partial charge < -0.3 is 19.3 Å². The van der Waals surface area contributed by atoms with E-state index in [1.165, 1.54) is 4.88 Å². The first-order valence-corrected chi connectivity index (χ1v) is 13.5. The van der Waals surface area contributed by atoms with Crippen LogP contribution in [0.1, 0.15) is 53.2 Å².